The van der Waals surface area contributed by atoms with Crippen molar-refractivity contribution in [3.8, 4) is 0 Å². The summed E-state index contributed by atoms with van der Waals surface area (Å²) in [6.45, 7) is 1.85. The molecule has 1 unspecified atom stereocenters. The van der Waals surface area contributed by atoms with E-state index in [0.29, 0.717) is 11.7 Å². The highest BCUT2D eigenvalue weighted by Crippen LogP contribution is 2.18. The summed E-state index contributed by atoms with van der Waals surface area (Å²) in [5, 5.41) is 23.9. The van der Waals surface area contributed by atoms with E-state index >= 15 is 0 Å². The van der Waals surface area contributed by atoms with Gasteiger partial charge in [-0.3, -0.25) is 5.32 Å². The highest BCUT2D eigenvalue weighted by molar-refractivity contribution is 5.85. The Morgan fingerprint density at radius 1 is 1.55 bits per heavy atom. The predicted molar refractivity (Wildman–Crippen MR) is 76.9 cm³/mol. The summed E-state index contributed by atoms with van der Waals surface area (Å²) in [6, 6.07) is 0.312. The van der Waals surface area contributed by atoms with Gasteiger partial charge in [-0.25, -0.2) is 4.57 Å². The normalized spacial score (nSPS) is 17.5. The van der Waals surface area contributed by atoms with Crippen molar-refractivity contribution >= 4 is 18.4 Å². The van der Waals surface area contributed by atoms with Crippen LogP contribution >= 0.6 is 12.4 Å². The van der Waals surface area contributed by atoms with Crippen molar-refractivity contribution in [3.63, 3.8) is 0 Å². The average Bonchev–Trinajstić information content (AvgIpc) is 2.71. The molecule has 2 rings (SSSR count). The molecule has 1 fully saturated rings. The van der Waals surface area contributed by atoms with Gasteiger partial charge in [-0.15, -0.1) is 12.4 Å². The maximum absolute atomic E-state index is 10.8. The summed E-state index contributed by atoms with van der Waals surface area (Å²) in [5.74, 6) is -0.220. The Balaban J connectivity index is 0.00000200. The number of imidazole rings is 1. The number of nitrogens with one attached hydrogen (secondary N) is 1. The number of aliphatic hydroxyl groups is 1. The fourth-order valence-corrected chi connectivity index (χ4v) is 2.59. The van der Waals surface area contributed by atoms with Gasteiger partial charge in [0.2, 0.25) is 0 Å². The summed E-state index contributed by atoms with van der Waals surface area (Å²) < 4.78 is 1.38. The Kier molecular flexibility index (Phi) is 6.38. The first kappa shape index (κ1) is 16.9. The van der Waals surface area contributed by atoms with Gasteiger partial charge in [0, 0.05) is 6.04 Å². The van der Waals surface area contributed by atoms with E-state index in [1.807, 2.05) is 0 Å². The molecule has 1 aromatic rings. The minimum atomic E-state index is -0.782. The van der Waals surface area contributed by atoms with Gasteiger partial charge >= 0.3 is 5.95 Å². The molecule has 1 aliphatic rings. The third-order valence-electron chi connectivity index (χ3n) is 3.44. The van der Waals surface area contributed by atoms with Crippen molar-refractivity contribution in [3.05, 3.63) is 22.0 Å². The topological polar surface area (TPSA) is 93.2 Å². The van der Waals surface area contributed by atoms with Gasteiger partial charge < -0.3 is 15.2 Å². The predicted octanol–water partition coefficient (Wildman–Crippen LogP) is 1.76. The van der Waals surface area contributed by atoms with Gasteiger partial charge in [0.1, 0.15) is 24.7 Å². The SMILES string of the molecule is Cc1cn(CC(O)NC2CCCCC2)c([N+](=O)[O-])n1.Cl. The van der Waals surface area contributed by atoms with Gasteiger partial charge in [-0.05, 0) is 24.7 Å². The Bertz CT molecular complexity index is 446. The number of rotatable bonds is 5. The molecule has 0 aliphatic heterocycles. The largest absolute Gasteiger partial charge is 0.434 e. The van der Waals surface area contributed by atoms with E-state index in [1.165, 1.54) is 23.8 Å². The minimum absolute atomic E-state index is 0. The Morgan fingerprint density at radius 2 is 2.20 bits per heavy atom. The van der Waals surface area contributed by atoms with E-state index in [1.54, 1.807) is 13.1 Å². The van der Waals surface area contributed by atoms with Crippen LogP contribution in [0.3, 0.4) is 0 Å². The zero-order chi connectivity index (χ0) is 13.8. The summed E-state index contributed by atoms with van der Waals surface area (Å²) in [6.07, 6.45) is 6.52. The molecule has 0 radical (unpaired) electrons. The molecule has 2 N–H and O–H groups in total. The standard InChI is InChI=1S/C12H20N4O3.ClH/c1-9-7-15(12(13-9)16(18)19)8-11(17)14-10-5-3-2-4-6-10;/h7,10-11,14,17H,2-6,8H2,1H3;1H. The molecule has 1 aliphatic carbocycles. The van der Waals surface area contributed by atoms with E-state index < -0.39 is 11.2 Å². The van der Waals surface area contributed by atoms with Crippen LogP contribution in [0.25, 0.3) is 0 Å². The second kappa shape index (κ2) is 7.56. The second-order valence-electron chi connectivity index (χ2n) is 5.11. The lowest BCUT2D eigenvalue weighted by Gasteiger charge is -2.25. The van der Waals surface area contributed by atoms with Crippen molar-refractivity contribution in [2.75, 3.05) is 0 Å². The lowest BCUT2D eigenvalue weighted by atomic mass is 9.95. The fraction of sp³-hybridized carbons (Fsp3) is 0.750. The Hall–Kier alpha value is -1.18. The molecule has 114 valence electrons. The van der Waals surface area contributed by atoms with E-state index in [0.717, 1.165) is 12.8 Å². The number of hydrogen-bond donors (Lipinski definition) is 2. The minimum Gasteiger partial charge on any atom is -0.390 e. The molecule has 1 saturated carbocycles. The number of halogens is 1. The number of aromatic nitrogens is 2. The summed E-state index contributed by atoms with van der Waals surface area (Å²) in [7, 11) is 0. The molecule has 0 saturated heterocycles. The van der Waals surface area contributed by atoms with Crippen molar-refractivity contribution < 1.29 is 10.0 Å². The van der Waals surface area contributed by atoms with Crippen LogP contribution in [0.5, 0.6) is 0 Å². The molecule has 7 nitrogen and oxygen atoms in total. The monoisotopic (exact) mass is 304 g/mol. The quantitative estimate of drug-likeness (QED) is 0.491. The van der Waals surface area contributed by atoms with Crippen LogP contribution in [-0.4, -0.2) is 31.9 Å². The molecule has 0 spiro atoms. The van der Waals surface area contributed by atoms with Gasteiger partial charge in [-0.1, -0.05) is 24.2 Å². The van der Waals surface area contributed by atoms with Crippen LogP contribution in [0.1, 0.15) is 37.8 Å². The molecular weight excluding hydrogens is 284 g/mol. The van der Waals surface area contributed by atoms with Crippen molar-refractivity contribution in [1.29, 1.82) is 0 Å². The molecule has 0 aromatic carbocycles. The molecule has 0 amide bonds. The van der Waals surface area contributed by atoms with Crippen molar-refractivity contribution in [1.82, 2.24) is 14.9 Å². The molecule has 1 heterocycles. The van der Waals surface area contributed by atoms with Crippen molar-refractivity contribution in [2.45, 2.75) is 57.8 Å². The molecule has 1 atom stereocenters. The van der Waals surface area contributed by atoms with E-state index in [2.05, 4.69) is 10.3 Å². The lowest BCUT2D eigenvalue weighted by Crippen LogP contribution is -2.41. The van der Waals surface area contributed by atoms with Gasteiger partial charge in [0.25, 0.3) is 0 Å². The highest BCUT2D eigenvalue weighted by Gasteiger charge is 2.22. The third-order valence-corrected chi connectivity index (χ3v) is 3.44. The van der Waals surface area contributed by atoms with Crippen LogP contribution in [0.4, 0.5) is 5.95 Å². The van der Waals surface area contributed by atoms with Crippen LogP contribution in [0.2, 0.25) is 0 Å². The highest BCUT2D eigenvalue weighted by atomic mass is 35.5. The first-order valence-corrected chi connectivity index (χ1v) is 6.68. The number of aryl methyl sites for hydroxylation is 1. The number of aliphatic hydroxyl groups excluding tert-OH is 1. The summed E-state index contributed by atoms with van der Waals surface area (Å²) in [4.78, 5) is 14.1. The number of nitrogens with zero attached hydrogens (tertiary/aromatic N) is 3. The Morgan fingerprint density at radius 3 is 2.80 bits per heavy atom. The van der Waals surface area contributed by atoms with E-state index in [9.17, 15) is 15.2 Å². The third kappa shape index (κ3) is 4.43. The smallest absolute Gasteiger partial charge is 0.390 e. The maximum atomic E-state index is 10.8. The first-order valence-electron chi connectivity index (χ1n) is 6.68. The summed E-state index contributed by atoms with van der Waals surface area (Å²) in [5.41, 5.74) is 0.580. The average molecular weight is 305 g/mol. The van der Waals surface area contributed by atoms with Gasteiger partial charge in [0.05, 0.1) is 0 Å². The first-order chi connectivity index (χ1) is 9.06. The molecular formula is C12H21ClN4O3. The molecule has 1 aromatic heterocycles. The van der Waals surface area contributed by atoms with Crippen LogP contribution in [0.15, 0.2) is 6.20 Å². The van der Waals surface area contributed by atoms with Crippen LogP contribution in [0, 0.1) is 17.0 Å². The zero-order valence-electron chi connectivity index (χ0n) is 11.5. The van der Waals surface area contributed by atoms with Crippen LogP contribution in [-0.2, 0) is 6.54 Å². The van der Waals surface area contributed by atoms with Gasteiger partial charge in [-0.2, -0.15) is 0 Å². The number of nitro groups is 1. The summed E-state index contributed by atoms with van der Waals surface area (Å²) >= 11 is 0. The lowest BCUT2D eigenvalue weighted by molar-refractivity contribution is -0.397. The van der Waals surface area contributed by atoms with Gasteiger partial charge in [0.15, 0.2) is 0 Å². The second-order valence-corrected chi connectivity index (χ2v) is 5.11. The maximum Gasteiger partial charge on any atom is 0.434 e. The zero-order valence-corrected chi connectivity index (χ0v) is 12.3. The Labute approximate surface area is 123 Å². The fourth-order valence-electron chi connectivity index (χ4n) is 2.59. The molecule has 20 heavy (non-hydrogen) atoms. The number of hydrogen-bond acceptors (Lipinski definition) is 5. The van der Waals surface area contributed by atoms with Crippen LogP contribution < -0.4 is 5.32 Å². The van der Waals surface area contributed by atoms with Crippen molar-refractivity contribution in [2.24, 2.45) is 0 Å². The van der Waals surface area contributed by atoms with E-state index in [4.69, 9.17) is 0 Å². The molecule has 0 bridgehead atoms. The van der Waals surface area contributed by atoms with E-state index in [-0.39, 0.29) is 24.9 Å². The molecule has 8 heteroatoms.